The SMILES string of the molecule is COc1ccc(OCc2ncccc2C)c(C(=O)O)c1. The van der Waals surface area contributed by atoms with Crippen molar-refractivity contribution in [3.05, 3.63) is 53.3 Å². The first-order valence-corrected chi connectivity index (χ1v) is 6.06. The Morgan fingerprint density at radius 1 is 1.35 bits per heavy atom. The van der Waals surface area contributed by atoms with Crippen LogP contribution in [0.25, 0.3) is 0 Å². The van der Waals surface area contributed by atoms with E-state index in [1.165, 1.54) is 13.2 Å². The first-order chi connectivity index (χ1) is 9.61. The minimum atomic E-state index is -1.06. The summed E-state index contributed by atoms with van der Waals surface area (Å²) in [4.78, 5) is 15.4. The number of rotatable bonds is 5. The fourth-order valence-corrected chi connectivity index (χ4v) is 1.74. The van der Waals surface area contributed by atoms with Gasteiger partial charge in [0.1, 0.15) is 23.7 Å². The number of pyridine rings is 1. The maximum absolute atomic E-state index is 11.2. The molecule has 5 nitrogen and oxygen atoms in total. The number of carbonyl (C=O) groups is 1. The number of hydrogen-bond donors (Lipinski definition) is 1. The minimum Gasteiger partial charge on any atom is -0.497 e. The Morgan fingerprint density at radius 3 is 2.80 bits per heavy atom. The van der Waals surface area contributed by atoms with Crippen molar-refractivity contribution in [2.24, 2.45) is 0 Å². The number of carboxylic acids is 1. The van der Waals surface area contributed by atoms with Crippen LogP contribution in [0.15, 0.2) is 36.5 Å². The van der Waals surface area contributed by atoms with Gasteiger partial charge in [0.2, 0.25) is 0 Å². The second-order valence-corrected chi connectivity index (χ2v) is 4.22. The number of nitrogens with zero attached hydrogens (tertiary/aromatic N) is 1. The summed E-state index contributed by atoms with van der Waals surface area (Å²) >= 11 is 0. The van der Waals surface area contributed by atoms with Crippen LogP contribution < -0.4 is 9.47 Å². The first-order valence-electron chi connectivity index (χ1n) is 6.06. The Labute approximate surface area is 116 Å². The van der Waals surface area contributed by atoms with E-state index in [0.717, 1.165) is 11.3 Å². The van der Waals surface area contributed by atoms with Gasteiger partial charge in [0, 0.05) is 6.20 Å². The molecule has 0 atom stereocenters. The molecular formula is C15H15NO4. The summed E-state index contributed by atoms with van der Waals surface area (Å²) in [5.41, 5.74) is 1.84. The van der Waals surface area contributed by atoms with Crippen LogP contribution in [0.3, 0.4) is 0 Å². The summed E-state index contributed by atoms with van der Waals surface area (Å²) < 4.78 is 10.6. The van der Waals surface area contributed by atoms with Gasteiger partial charge in [-0.05, 0) is 36.8 Å². The maximum Gasteiger partial charge on any atom is 0.339 e. The van der Waals surface area contributed by atoms with Gasteiger partial charge in [-0.2, -0.15) is 0 Å². The second-order valence-electron chi connectivity index (χ2n) is 4.22. The van der Waals surface area contributed by atoms with Crippen molar-refractivity contribution >= 4 is 5.97 Å². The van der Waals surface area contributed by atoms with E-state index in [2.05, 4.69) is 4.98 Å². The molecule has 0 radical (unpaired) electrons. The fourth-order valence-electron chi connectivity index (χ4n) is 1.74. The predicted molar refractivity (Wildman–Crippen MR) is 73.3 cm³/mol. The quantitative estimate of drug-likeness (QED) is 0.907. The Morgan fingerprint density at radius 2 is 2.15 bits per heavy atom. The number of aryl methyl sites for hydroxylation is 1. The third kappa shape index (κ3) is 3.06. The van der Waals surface area contributed by atoms with Gasteiger partial charge in [-0.25, -0.2) is 4.79 Å². The highest BCUT2D eigenvalue weighted by Gasteiger charge is 2.13. The number of ether oxygens (including phenoxy) is 2. The predicted octanol–water partition coefficient (Wildman–Crippen LogP) is 2.68. The smallest absolute Gasteiger partial charge is 0.339 e. The molecule has 1 aromatic carbocycles. The lowest BCUT2D eigenvalue weighted by atomic mass is 10.2. The molecule has 1 N–H and O–H groups in total. The highest BCUT2D eigenvalue weighted by molar-refractivity contribution is 5.91. The van der Waals surface area contributed by atoms with Crippen molar-refractivity contribution in [3.63, 3.8) is 0 Å². The van der Waals surface area contributed by atoms with E-state index in [1.807, 2.05) is 19.1 Å². The second kappa shape index (κ2) is 6.06. The molecule has 20 heavy (non-hydrogen) atoms. The summed E-state index contributed by atoms with van der Waals surface area (Å²) in [7, 11) is 1.48. The Balaban J connectivity index is 2.21. The van der Waals surface area contributed by atoms with E-state index in [-0.39, 0.29) is 12.2 Å². The van der Waals surface area contributed by atoms with Crippen molar-refractivity contribution in [3.8, 4) is 11.5 Å². The van der Waals surface area contributed by atoms with Crippen LogP contribution in [-0.2, 0) is 6.61 Å². The number of aromatic nitrogens is 1. The van der Waals surface area contributed by atoms with Gasteiger partial charge in [0.25, 0.3) is 0 Å². The molecule has 0 saturated carbocycles. The van der Waals surface area contributed by atoms with Gasteiger partial charge in [0.05, 0.1) is 12.8 Å². The number of methoxy groups -OCH3 is 1. The zero-order valence-electron chi connectivity index (χ0n) is 11.3. The highest BCUT2D eigenvalue weighted by Crippen LogP contribution is 2.25. The molecule has 0 aliphatic rings. The van der Waals surface area contributed by atoms with E-state index in [4.69, 9.17) is 9.47 Å². The van der Waals surface area contributed by atoms with Gasteiger partial charge in [-0.1, -0.05) is 6.07 Å². The summed E-state index contributed by atoms with van der Waals surface area (Å²) in [5, 5.41) is 9.19. The molecule has 104 valence electrons. The lowest BCUT2D eigenvalue weighted by molar-refractivity contribution is 0.0691. The molecule has 2 rings (SSSR count). The molecule has 0 unspecified atom stereocenters. The topological polar surface area (TPSA) is 68.7 Å². The molecule has 0 aliphatic carbocycles. The standard InChI is InChI=1S/C15H15NO4/c1-10-4-3-7-16-13(10)9-20-14-6-5-11(19-2)8-12(14)15(17)18/h3-8H,9H2,1-2H3,(H,17,18). The van der Waals surface area contributed by atoms with Crippen molar-refractivity contribution in [2.75, 3.05) is 7.11 Å². The third-order valence-corrected chi connectivity index (χ3v) is 2.90. The summed E-state index contributed by atoms with van der Waals surface area (Å²) in [5.74, 6) is -0.288. The normalized spacial score (nSPS) is 10.1. The third-order valence-electron chi connectivity index (χ3n) is 2.90. The Kier molecular flexibility index (Phi) is 4.20. The van der Waals surface area contributed by atoms with Gasteiger partial charge in [0.15, 0.2) is 0 Å². The van der Waals surface area contributed by atoms with Gasteiger partial charge >= 0.3 is 5.97 Å². The largest absolute Gasteiger partial charge is 0.497 e. The van der Waals surface area contributed by atoms with E-state index in [1.54, 1.807) is 18.3 Å². The van der Waals surface area contributed by atoms with Crippen molar-refractivity contribution < 1.29 is 19.4 Å². The first kappa shape index (κ1) is 13.9. The van der Waals surface area contributed by atoms with Crippen LogP contribution in [0.2, 0.25) is 0 Å². The zero-order chi connectivity index (χ0) is 14.5. The minimum absolute atomic E-state index is 0.0675. The van der Waals surface area contributed by atoms with E-state index in [0.29, 0.717) is 11.5 Å². The number of benzene rings is 1. The van der Waals surface area contributed by atoms with Gasteiger partial charge < -0.3 is 14.6 Å². The summed E-state index contributed by atoms with van der Waals surface area (Å²) in [6, 6.07) is 8.45. The molecular weight excluding hydrogens is 258 g/mol. The zero-order valence-corrected chi connectivity index (χ0v) is 11.3. The monoisotopic (exact) mass is 273 g/mol. The van der Waals surface area contributed by atoms with Crippen molar-refractivity contribution in [1.29, 1.82) is 0 Å². The molecule has 0 saturated heterocycles. The fraction of sp³-hybridized carbons (Fsp3) is 0.200. The van der Waals surface area contributed by atoms with Crippen LogP contribution >= 0.6 is 0 Å². The average molecular weight is 273 g/mol. The van der Waals surface area contributed by atoms with Gasteiger partial charge in [-0.15, -0.1) is 0 Å². The molecule has 0 spiro atoms. The lowest BCUT2D eigenvalue weighted by Gasteiger charge is -2.11. The maximum atomic E-state index is 11.2. The molecule has 0 aliphatic heterocycles. The molecule has 1 aromatic heterocycles. The number of carboxylic acid groups (broad SMARTS) is 1. The Hall–Kier alpha value is -2.56. The Bertz CT molecular complexity index is 625. The molecule has 2 aromatic rings. The van der Waals surface area contributed by atoms with E-state index in [9.17, 15) is 9.90 Å². The van der Waals surface area contributed by atoms with Crippen LogP contribution in [0.1, 0.15) is 21.6 Å². The van der Waals surface area contributed by atoms with Crippen molar-refractivity contribution in [1.82, 2.24) is 4.98 Å². The van der Waals surface area contributed by atoms with E-state index < -0.39 is 5.97 Å². The lowest BCUT2D eigenvalue weighted by Crippen LogP contribution is -2.05. The number of hydrogen-bond acceptors (Lipinski definition) is 4. The van der Waals surface area contributed by atoms with Crippen LogP contribution in [0.4, 0.5) is 0 Å². The molecule has 0 amide bonds. The molecule has 0 bridgehead atoms. The molecule has 5 heteroatoms. The molecule has 1 heterocycles. The highest BCUT2D eigenvalue weighted by atomic mass is 16.5. The van der Waals surface area contributed by atoms with Crippen LogP contribution in [-0.4, -0.2) is 23.2 Å². The summed E-state index contributed by atoms with van der Waals surface area (Å²) in [6.07, 6.45) is 1.68. The average Bonchev–Trinajstić information content (AvgIpc) is 2.46. The van der Waals surface area contributed by atoms with Crippen LogP contribution in [0, 0.1) is 6.92 Å². The van der Waals surface area contributed by atoms with Gasteiger partial charge in [-0.3, -0.25) is 4.98 Å². The molecule has 0 fully saturated rings. The summed E-state index contributed by atoms with van der Waals surface area (Å²) in [6.45, 7) is 2.15. The van der Waals surface area contributed by atoms with E-state index >= 15 is 0 Å². The van der Waals surface area contributed by atoms with Crippen LogP contribution in [0.5, 0.6) is 11.5 Å². The van der Waals surface area contributed by atoms with Crippen molar-refractivity contribution in [2.45, 2.75) is 13.5 Å². The number of aromatic carboxylic acids is 1.